The van der Waals surface area contributed by atoms with E-state index in [1.165, 1.54) is 0 Å². The van der Waals surface area contributed by atoms with Crippen LogP contribution in [-0.2, 0) is 9.59 Å². The Kier molecular flexibility index (Phi) is 5.01. The Morgan fingerprint density at radius 1 is 1.52 bits per heavy atom. The van der Waals surface area contributed by atoms with Gasteiger partial charge in [0, 0.05) is 17.9 Å². The predicted molar refractivity (Wildman–Crippen MR) is 94.0 cm³/mol. The molecule has 3 N–H and O–H groups in total. The molecule has 3 rings (SSSR count). The average molecular weight is 358 g/mol. The number of halogens is 1. The molecule has 2 unspecified atom stereocenters. The Morgan fingerprint density at radius 2 is 2.26 bits per heavy atom. The van der Waals surface area contributed by atoms with Crippen molar-refractivity contribution in [2.75, 3.05) is 23.9 Å². The SMILES string of the molecule is COc1ccc(NC(=O)C2CSC3(C)CCC(=O)N23)cc1N.Cl. The topological polar surface area (TPSA) is 84.7 Å². The van der Waals surface area contributed by atoms with Gasteiger partial charge in [0.1, 0.15) is 11.8 Å². The number of anilines is 2. The lowest BCUT2D eigenvalue weighted by molar-refractivity contribution is -0.135. The molecule has 8 heteroatoms. The lowest BCUT2D eigenvalue weighted by Gasteiger charge is -2.29. The number of hydrogen-bond acceptors (Lipinski definition) is 5. The number of nitrogens with one attached hydrogen (secondary N) is 1. The van der Waals surface area contributed by atoms with Gasteiger partial charge in [-0.25, -0.2) is 0 Å². The highest BCUT2D eigenvalue weighted by Gasteiger charge is 2.52. The minimum Gasteiger partial charge on any atom is -0.495 e. The van der Waals surface area contributed by atoms with Crippen LogP contribution in [0.2, 0.25) is 0 Å². The van der Waals surface area contributed by atoms with E-state index in [2.05, 4.69) is 5.32 Å². The van der Waals surface area contributed by atoms with Crippen molar-refractivity contribution in [1.82, 2.24) is 4.90 Å². The molecule has 2 fully saturated rings. The molecular formula is C15H20ClN3O3S. The first-order valence-corrected chi connectivity index (χ1v) is 8.14. The fourth-order valence-electron chi connectivity index (χ4n) is 3.05. The minimum atomic E-state index is -0.423. The summed E-state index contributed by atoms with van der Waals surface area (Å²) in [4.78, 5) is 26.1. The van der Waals surface area contributed by atoms with E-state index in [4.69, 9.17) is 10.5 Å². The fraction of sp³-hybridized carbons (Fsp3) is 0.467. The maximum absolute atomic E-state index is 12.5. The molecule has 2 aliphatic rings. The Labute approximate surface area is 145 Å². The first kappa shape index (κ1) is 17.7. The minimum absolute atomic E-state index is 0. The number of rotatable bonds is 3. The smallest absolute Gasteiger partial charge is 0.248 e. The molecule has 126 valence electrons. The highest BCUT2D eigenvalue weighted by molar-refractivity contribution is 8.01. The number of benzene rings is 1. The van der Waals surface area contributed by atoms with E-state index >= 15 is 0 Å². The number of nitrogen functional groups attached to an aromatic ring is 1. The number of carbonyl (C=O) groups is 2. The van der Waals surface area contributed by atoms with Crippen molar-refractivity contribution in [2.24, 2.45) is 0 Å². The fourth-order valence-corrected chi connectivity index (χ4v) is 4.48. The molecule has 0 saturated carbocycles. The van der Waals surface area contributed by atoms with Crippen molar-refractivity contribution in [3.8, 4) is 5.75 Å². The van der Waals surface area contributed by atoms with Gasteiger partial charge in [0.05, 0.1) is 17.7 Å². The maximum Gasteiger partial charge on any atom is 0.248 e. The first-order valence-electron chi connectivity index (χ1n) is 7.15. The summed E-state index contributed by atoms with van der Waals surface area (Å²) < 4.78 is 5.09. The van der Waals surface area contributed by atoms with Gasteiger partial charge < -0.3 is 20.7 Å². The molecule has 2 heterocycles. The third-order valence-corrected chi connectivity index (χ3v) is 5.75. The molecule has 2 atom stereocenters. The zero-order valence-corrected chi connectivity index (χ0v) is 14.6. The average Bonchev–Trinajstić information content (AvgIpc) is 2.96. The lowest BCUT2D eigenvalue weighted by atomic mass is 10.2. The second-order valence-electron chi connectivity index (χ2n) is 5.71. The summed E-state index contributed by atoms with van der Waals surface area (Å²) in [6, 6.07) is 4.68. The number of fused-ring (bicyclic) bond motifs is 1. The van der Waals surface area contributed by atoms with Crippen molar-refractivity contribution in [2.45, 2.75) is 30.7 Å². The van der Waals surface area contributed by atoms with Gasteiger partial charge in [-0.3, -0.25) is 9.59 Å². The van der Waals surface area contributed by atoms with Crippen LogP contribution in [0.3, 0.4) is 0 Å². The van der Waals surface area contributed by atoms with Gasteiger partial charge in [-0.05, 0) is 31.5 Å². The van der Waals surface area contributed by atoms with E-state index in [9.17, 15) is 9.59 Å². The quantitative estimate of drug-likeness (QED) is 0.809. The molecule has 0 radical (unpaired) electrons. The van der Waals surface area contributed by atoms with E-state index in [1.807, 2.05) is 6.92 Å². The molecule has 0 aliphatic carbocycles. The van der Waals surface area contributed by atoms with Crippen molar-refractivity contribution in [3.05, 3.63) is 18.2 Å². The normalized spacial score (nSPS) is 25.7. The second-order valence-corrected chi connectivity index (χ2v) is 7.21. The van der Waals surface area contributed by atoms with Gasteiger partial charge in [-0.2, -0.15) is 0 Å². The number of methoxy groups -OCH3 is 1. The van der Waals surface area contributed by atoms with Gasteiger partial charge in [-0.15, -0.1) is 24.2 Å². The van der Waals surface area contributed by atoms with Crippen LogP contribution in [0.4, 0.5) is 11.4 Å². The van der Waals surface area contributed by atoms with E-state index in [0.717, 1.165) is 6.42 Å². The Bertz CT molecular complexity index is 642. The summed E-state index contributed by atoms with van der Waals surface area (Å²) in [6.07, 6.45) is 1.32. The van der Waals surface area contributed by atoms with Crippen LogP contribution >= 0.6 is 24.2 Å². The summed E-state index contributed by atoms with van der Waals surface area (Å²) in [5.74, 6) is 1.08. The zero-order valence-electron chi connectivity index (χ0n) is 13.0. The van der Waals surface area contributed by atoms with Crippen LogP contribution in [0, 0.1) is 0 Å². The summed E-state index contributed by atoms with van der Waals surface area (Å²) in [5, 5.41) is 2.84. The standard InChI is InChI=1S/C15H19N3O3S.ClH/c1-15-6-5-13(19)18(15)11(8-22-15)14(20)17-9-3-4-12(21-2)10(16)7-9;/h3-4,7,11H,5-6,8,16H2,1-2H3,(H,17,20);1H. The molecule has 0 spiro atoms. The predicted octanol–water partition coefficient (Wildman–Crippen LogP) is 2.09. The van der Waals surface area contributed by atoms with Crippen LogP contribution in [0.25, 0.3) is 0 Å². The molecule has 23 heavy (non-hydrogen) atoms. The number of amides is 2. The molecule has 2 saturated heterocycles. The summed E-state index contributed by atoms with van der Waals surface area (Å²) in [6.45, 7) is 2.03. The van der Waals surface area contributed by atoms with Gasteiger partial charge in [0.2, 0.25) is 11.8 Å². The van der Waals surface area contributed by atoms with Gasteiger partial charge in [0.15, 0.2) is 0 Å². The van der Waals surface area contributed by atoms with Crippen LogP contribution < -0.4 is 15.8 Å². The molecule has 1 aromatic rings. The summed E-state index contributed by atoms with van der Waals surface area (Å²) in [5.41, 5.74) is 6.91. The van der Waals surface area contributed by atoms with Crippen LogP contribution in [0.15, 0.2) is 18.2 Å². The molecule has 0 bridgehead atoms. The summed E-state index contributed by atoms with van der Waals surface area (Å²) in [7, 11) is 1.54. The molecule has 2 aliphatic heterocycles. The third-order valence-electron chi connectivity index (χ3n) is 4.24. The number of nitrogens with two attached hydrogens (primary N) is 1. The van der Waals surface area contributed by atoms with Gasteiger partial charge in [0.25, 0.3) is 0 Å². The molecule has 6 nitrogen and oxygen atoms in total. The molecule has 2 amide bonds. The maximum atomic E-state index is 12.5. The summed E-state index contributed by atoms with van der Waals surface area (Å²) >= 11 is 1.67. The number of carbonyl (C=O) groups excluding carboxylic acids is 2. The van der Waals surface area contributed by atoms with Crippen LogP contribution in [-0.4, -0.2) is 40.5 Å². The van der Waals surface area contributed by atoms with Crippen molar-refractivity contribution in [3.63, 3.8) is 0 Å². The first-order chi connectivity index (χ1) is 10.4. The Morgan fingerprint density at radius 3 is 2.91 bits per heavy atom. The van der Waals surface area contributed by atoms with E-state index in [-0.39, 0.29) is 29.1 Å². The highest BCUT2D eigenvalue weighted by atomic mass is 35.5. The monoisotopic (exact) mass is 357 g/mol. The van der Waals surface area contributed by atoms with Crippen molar-refractivity contribution in [1.29, 1.82) is 0 Å². The third kappa shape index (κ3) is 3.07. The van der Waals surface area contributed by atoms with Gasteiger partial charge >= 0.3 is 0 Å². The molecule has 0 aromatic heterocycles. The molecular weight excluding hydrogens is 338 g/mol. The Balaban J connectivity index is 0.00000192. The number of ether oxygens (including phenoxy) is 1. The second kappa shape index (κ2) is 6.49. The number of nitrogens with zero attached hydrogens (tertiary/aromatic N) is 1. The van der Waals surface area contributed by atoms with Crippen molar-refractivity contribution < 1.29 is 14.3 Å². The van der Waals surface area contributed by atoms with E-state index in [1.54, 1.807) is 42.0 Å². The lowest BCUT2D eigenvalue weighted by Crippen LogP contribution is -2.48. The van der Waals surface area contributed by atoms with Crippen molar-refractivity contribution >= 4 is 47.4 Å². The van der Waals surface area contributed by atoms with Gasteiger partial charge in [-0.1, -0.05) is 0 Å². The highest BCUT2D eigenvalue weighted by Crippen LogP contribution is 2.47. The van der Waals surface area contributed by atoms with Crippen LogP contribution in [0.5, 0.6) is 5.75 Å². The number of hydrogen-bond donors (Lipinski definition) is 2. The van der Waals surface area contributed by atoms with Crippen LogP contribution in [0.1, 0.15) is 19.8 Å². The Hall–Kier alpha value is -1.60. The number of thioether (sulfide) groups is 1. The van der Waals surface area contributed by atoms with E-state index < -0.39 is 6.04 Å². The largest absolute Gasteiger partial charge is 0.495 e. The zero-order chi connectivity index (χ0) is 15.9. The molecule has 1 aromatic carbocycles. The van der Waals surface area contributed by atoms with E-state index in [0.29, 0.717) is 29.3 Å².